The molecule has 4 aromatic rings. The number of benzene rings is 4. The first-order chi connectivity index (χ1) is 46.3. The fourth-order valence-corrected chi connectivity index (χ4v) is 10.5. The summed E-state index contributed by atoms with van der Waals surface area (Å²) in [5.74, 6) is -0.551. The topological polar surface area (TPSA) is 310 Å². The van der Waals surface area contributed by atoms with E-state index in [9.17, 15) is 33.6 Å². The highest BCUT2D eigenvalue weighted by Crippen LogP contribution is 2.39. The summed E-state index contributed by atoms with van der Waals surface area (Å²) in [6.07, 6.45) is 3.12. The van der Waals surface area contributed by atoms with Crippen LogP contribution in [0, 0.1) is 0 Å². The molecule has 95 heavy (non-hydrogen) atoms. The molecule has 520 valence electrons. The fraction of sp³-hybridized carbons (Fsp3) is 0.537. The summed E-state index contributed by atoms with van der Waals surface area (Å²) in [5.41, 5.74) is 2.59. The molecule has 1 unspecified atom stereocenters. The molecule has 0 bridgehead atoms. The van der Waals surface area contributed by atoms with Crippen molar-refractivity contribution < 1.29 is 109 Å². The molecule has 4 aromatic carbocycles. The molecular formula is C67H89N5O23. The van der Waals surface area contributed by atoms with Crippen LogP contribution in [-0.2, 0) is 79.5 Å². The zero-order valence-electron chi connectivity index (χ0n) is 54.7. The molecule has 3 N–H and O–H groups in total. The van der Waals surface area contributed by atoms with Crippen LogP contribution in [-0.4, -0.2) is 231 Å². The van der Waals surface area contributed by atoms with Gasteiger partial charge in [0.2, 0.25) is 17.6 Å². The lowest BCUT2D eigenvalue weighted by Gasteiger charge is -2.34. The van der Waals surface area contributed by atoms with Gasteiger partial charge in [0.15, 0.2) is 36.2 Å². The number of hydroxylamine groups is 2. The molecule has 0 radical (unpaired) electrons. The van der Waals surface area contributed by atoms with E-state index < -0.39 is 60.3 Å². The maximum Gasteiger partial charge on any atom is 0.326 e. The van der Waals surface area contributed by atoms with E-state index >= 15 is 0 Å². The molecule has 0 aliphatic carbocycles. The Bertz CT molecular complexity index is 3090. The number of hydrogen-bond acceptors (Lipinski definition) is 24. The van der Waals surface area contributed by atoms with E-state index in [-0.39, 0.29) is 68.5 Å². The van der Waals surface area contributed by atoms with Gasteiger partial charge in [0.05, 0.1) is 146 Å². The molecule has 28 nitrogen and oxygen atoms in total. The molecule has 2 saturated heterocycles. The fourth-order valence-electron chi connectivity index (χ4n) is 10.5. The number of imide groups is 2. The molecule has 2 fully saturated rings. The highest BCUT2D eigenvalue weighted by molar-refractivity contribution is 6.24. The highest BCUT2D eigenvalue weighted by Gasteiger charge is 2.46. The Morgan fingerprint density at radius 2 is 1.12 bits per heavy atom. The van der Waals surface area contributed by atoms with Crippen LogP contribution in [0.2, 0.25) is 0 Å². The number of fused-ring (bicyclic) bond motifs is 1. The van der Waals surface area contributed by atoms with Gasteiger partial charge in [0, 0.05) is 26.1 Å². The zero-order chi connectivity index (χ0) is 67.6. The Hall–Kier alpha value is -8.19. The Kier molecular flexibility index (Phi) is 32.0. The third-order valence-electron chi connectivity index (χ3n) is 15.3. The SMILES string of the molecule is COc1ccc(CC[C@@H](OC(=O)[C@@H]2CCCCN2OCCc2cc(OC)c(OC)c(OC)c2)c2cccc(OCC(=O)NCCOCCOCCOCCOCCOCCOCCOCCNC(=O)COc3cccc4c3C(=O)N(C3CCC(=O)NC3=O)C4=O)c2)cc1OC. The van der Waals surface area contributed by atoms with E-state index in [1.54, 1.807) is 58.8 Å². The van der Waals surface area contributed by atoms with Crippen molar-refractivity contribution >= 4 is 41.4 Å². The van der Waals surface area contributed by atoms with Crippen LogP contribution in [0.4, 0.5) is 0 Å². The second-order valence-electron chi connectivity index (χ2n) is 21.7. The summed E-state index contributed by atoms with van der Waals surface area (Å²) in [6, 6.07) is 19.3. The van der Waals surface area contributed by atoms with E-state index in [0.29, 0.717) is 158 Å². The van der Waals surface area contributed by atoms with Gasteiger partial charge in [-0.15, -0.1) is 0 Å². The standard InChI is InChI=1S/C67H89N5O23/c1-80-54-19-16-46(40-56(54)81-2)15-18-53(95-67(79)52-13-6-7-24-71(52)94-25-21-47-41-57(82-3)63(84-5)58(42-47)83-4)48-10-8-11-49(43-48)92-44-60(74)68-22-26-85-28-30-87-32-34-89-36-38-91-39-37-90-35-33-88-31-29-86-27-23-69-61(75)45-93-55-14-9-12-50-62(55)66(78)72(65(50)77)51-17-20-59(73)70-64(51)76/h8-12,14,16,19,40-43,51-53H,6-7,13,15,17-18,20-39,44-45H2,1-5H3,(H,68,74)(H,69,75)(H,70,73,76)/t51?,52-,53+/m0/s1. The Balaban J connectivity index is 0.674. The number of piperidine rings is 2. The van der Waals surface area contributed by atoms with Gasteiger partial charge in [0.1, 0.15) is 29.7 Å². The first-order valence-corrected chi connectivity index (χ1v) is 31.7. The predicted octanol–water partition coefficient (Wildman–Crippen LogP) is 4.18. The Morgan fingerprint density at radius 3 is 1.69 bits per heavy atom. The van der Waals surface area contributed by atoms with Crippen LogP contribution in [0.15, 0.2) is 72.8 Å². The molecule has 0 spiro atoms. The minimum Gasteiger partial charge on any atom is -0.493 e. The maximum atomic E-state index is 14.2. The summed E-state index contributed by atoms with van der Waals surface area (Å²) in [4.78, 5) is 96.7. The molecule has 3 aliphatic heterocycles. The Labute approximate surface area is 552 Å². The normalized spacial score (nSPS) is 15.8. The number of carbonyl (C=O) groups excluding carboxylic acids is 7. The van der Waals surface area contributed by atoms with Crippen molar-refractivity contribution in [2.75, 3.05) is 168 Å². The third kappa shape index (κ3) is 23.6. The molecule has 0 saturated carbocycles. The minimum absolute atomic E-state index is 0.00315. The lowest BCUT2D eigenvalue weighted by atomic mass is 10.00. The zero-order valence-corrected chi connectivity index (χ0v) is 54.7. The van der Waals surface area contributed by atoms with E-state index in [0.717, 1.165) is 28.9 Å². The van der Waals surface area contributed by atoms with Gasteiger partial charge in [-0.2, -0.15) is 5.06 Å². The first-order valence-electron chi connectivity index (χ1n) is 31.7. The lowest BCUT2D eigenvalue weighted by molar-refractivity contribution is -0.213. The summed E-state index contributed by atoms with van der Waals surface area (Å²) >= 11 is 0. The number of rotatable bonds is 46. The van der Waals surface area contributed by atoms with Crippen LogP contribution in [0.3, 0.4) is 0 Å². The van der Waals surface area contributed by atoms with Crippen molar-refractivity contribution in [2.45, 2.75) is 69.6 Å². The first kappa shape index (κ1) is 74.2. The second-order valence-corrected chi connectivity index (χ2v) is 21.7. The highest BCUT2D eigenvalue weighted by atomic mass is 16.7. The molecule has 28 heteroatoms. The van der Waals surface area contributed by atoms with Gasteiger partial charge in [-0.3, -0.25) is 48.6 Å². The quantitative estimate of drug-likeness (QED) is 0.0317. The summed E-state index contributed by atoms with van der Waals surface area (Å²) in [5, 5.41) is 9.34. The molecule has 0 aromatic heterocycles. The molecule has 3 aliphatic rings. The van der Waals surface area contributed by atoms with Gasteiger partial charge in [0.25, 0.3) is 23.6 Å². The van der Waals surface area contributed by atoms with Gasteiger partial charge < -0.3 is 81.7 Å². The lowest BCUT2D eigenvalue weighted by Crippen LogP contribution is -2.54. The van der Waals surface area contributed by atoms with Crippen molar-refractivity contribution in [3.05, 3.63) is 101 Å². The molecule has 3 heterocycles. The number of esters is 1. The van der Waals surface area contributed by atoms with E-state index in [4.69, 9.17) is 75.9 Å². The van der Waals surface area contributed by atoms with E-state index in [2.05, 4.69) is 16.0 Å². The smallest absolute Gasteiger partial charge is 0.326 e. The monoisotopic (exact) mass is 1330 g/mol. The van der Waals surface area contributed by atoms with E-state index in [1.165, 1.54) is 18.2 Å². The van der Waals surface area contributed by atoms with Crippen molar-refractivity contribution in [2.24, 2.45) is 0 Å². The van der Waals surface area contributed by atoms with Crippen LogP contribution in [0.5, 0.6) is 40.2 Å². The van der Waals surface area contributed by atoms with E-state index in [1.807, 2.05) is 36.4 Å². The minimum atomic E-state index is -1.12. The van der Waals surface area contributed by atoms with Crippen LogP contribution >= 0.6 is 0 Å². The maximum absolute atomic E-state index is 14.2. The summed E-state index contributed by atoms with van der Waals surface area (Å²) < 4.78 is 84.3. The van der Waals surface area contributed by atoms with Crippen molar-refractivity contribution in [3.8, 4) is 40.2 Å². The molecule has 6 amide bonds. The third-order valence-corrected chi connectivity index (χ3v) is 15.3. The predicted molar refractivity (Wildman–Crippen MR) is 339 cm³/mol. The van der Waals surface area contributed by atoms with Crippen LogP contribution < -0.4 is 49.1 Å². The molecule has 7 rings (SSSR count). The largest absolute Gasteiger partial charge is 0.493 e. The van der Waals surface area contributed by atoms with Gasteiger partial charge in [-0.05, 0) is 110 Å². The number of nitrogens with zero attached hydrogens (tertiary/aromatic N) is 2. The van der Waals surface area contributed by atoms with Crippen molar-refractivity contribution in [3.63, 3.8) is 0 Å². The number of nitrogens with one attached hydrogen (secondary N) is 3. The number of hydrogen-bond donors (Lipinski definition) is 3. The van der Waals surface area contributed by atoms with Crippen LogP contribution in [0.1, 0.15) is 82.0 Å². The van der Waals surface area contributed by atoms with Gasteiger partial charge in [-0.25, -0.2) is 0 Å². The number of methoxy groups -OCH3 is 5. The summed E-state index contributed by atoms with van der Waals surface area (Å²) in [7, 11) is 7.86. The average Bonchev–Trinajstić information content (AvgIpc) is 1.62. The Morgan fingerprint density at radius 1 is 0.547 bits per heavy atom. The van der Waals surface area contributed by atoms with Crippen LogP contribution in [0.25, 0.3) is 0 Å². The average molecular weight is 1330 g/mol. The van der Waals surface area contributed by atoms with Crippen molar-refractivity contribution in [1.29, 1.82) is 0 Å². The molecular weight excluding hydrogens is 1240 g/mol. The van der Waals surface area contributed by atoms with Crippen molar-refractivity contribution in [1.82, 2.24) is 25.9 Å². The summed E-state index contributed by atoms with van der Waals surface area (Å²) in [6.45, 7) is 5.49. The number of ether oxygens (including phenoxy) is 15. The number of aryl methyl sites for hydroxylation is 1. The number of amides is 6. The van der Waals surface area contributed by atoms with Gasteiger partial charge in [-0.1, -0.05) is 24.3 Å². The second kappa shape index (κ2) is 40.9. The number of carbonyl (C=O) groups is 7. The van der Waals surface area contributed by atoms with Gasteiger partial charge >= 0.3 is 5.97 Å². The molecule has 3 atom stereocenters.